The molecule has 2 aliphatic rings. The molecule has 0 aromatic heterocycles. The van der Waals surface area contributed by atoms with E-state index < -0.39 is 6.04 Å². The minimum Gasteiger partial charge on any atom is -0.352 e. The summed E-state index contributed by atoms with van der Waals surface area (Å²) >= 11 is 1.42. The third-order valence-electron chi connectivity index (χ3n) is 3.68. The summed E-state index contributed by atoms with van der Waals surface area (Å²) in [6.07, 6.45) is 2.39. The van der Waals surface area contributed by atoms with E-state index in [4.69, 9.17) is 0 Å². The Morgan fingerprint density at radius 1 is 1.38 bits per heavy atom. The molecule has 2 fully saturated rings. The number of halogens is 1. The summed E-state index contributed by atoms with van der Waals surface area (Å²) in [5, 5.41) is 5.29. The number of hydrogen-bond donors (Lipinski definition) is 2. The first-order valence-corrected chi connectivity index (χ1v) is 8.14. The summed E-state index contributed by atoms with van der Waals surface area (Å²) in [4.78, 5) is 24.0. The fourth-order valence-corrected chi connectivity index (χ4v) is 3.46. The third-order valence-corrected chi connectivity index (χ3v) is 4.99. The molecule has 2 amide bonds. The van der Waals surface area contributed by atoms with Gasteiger partial charge < -0.3 is 10.6 Å². The molecule has 112 valence electrons. The second-order valence-corrected chi connectivity index (χ2v) is 6.70. The predicted molar refractivity (Wildman–Crippen MR) is 79.4 cm³/mol. The van der Waals surface area contributed by atoms with E-state index in [0.717, 1.165) is 12.8 Å². The molecule has 4 nitrogen and oxygen atoms in total. The molecule has 0 bridgehead atoms. The lowest BCUT2D eigenvalue weighted by atomic mass is 10.1. The predicted octanol–water partition coefficient (Wildman–Crippen LogP) is 1.25. The number of carbonyl (C=O) groups excluding carboxylic acids is 2. The molecule has 1 saturated carbocycles. The maximum Gasteiger partial charge on any atom is 0.243 e. The second-order valence-electron chi connectivity index (χ2n) is 5.46. The van der Waals surface area contributed by atoms with E-state index >= 15 is 0 Å². The van der Waals surface area contributed by atoms with Gasteiger partial charge in [0.25, 0.3) is 0 Å². The van der Waals surface area contributed by atoms with Gasteiger partial charge in [-0.1, -0.05) is 18.2 Å². The molecule has 6 heteroatoms. The van der Waals surface area contributed by atoms with Gasteiger partial charge in [-0.2, -0.15) is 0 Å². The fourth-order valence-electron chi connectivity index (χ4n) is 2.28. The number of rotatable bonds is 4. The molecule has 2 atom stereocenters. The molecular weight excluding hydrogens is 291 g/mol. The monoisotopic (exact) mass is 308 g/mol. The molecule has 1 saturated heterocycles. The third kappa shape index (κ3) is 3.56. The normalized spacial score (nSPS) is 25.3. The minimum atomic E-state index is -0.472. The highest BCUT2D eigenvalue weighted by Crippen LogP contribution is 2.24. The van der Waals surface area contributed by atoms with Crippen molar-refractivity contribution in [1.29, 1.82) is 0 Å². The van der Waals surface area contributed by atoms with Crippen LogP contribution in [0.5, 0.6) is 0 Å². The molecule has 1 heterocycles. The summed E-state index contributed by atoms with van der Waals surface area (Å²) in [5.41, 5.74) is 0.533. The van der Waals surface area contributed by atoms with Crippen molar-refractivity contribution >= 4 is 23.6 Å². The van der Waals surface area contributed by atoms with Gasteiger partial charge in [0.2, 0.25) is 11.8 Å². The topological polar surface area (TPSA) is 58.2 Å². The number of thioether (sulfide) groups is 1. The van der Waals surface area contributed by atoms with Crippen LogP contribution < -0.4 is 10.6 Å². The summed E-state index contributed by atoms with van der Waals surface area (Å²) in [6, 6.07) is 6.29. The molecule has 1 aromatic rings. The van der Waals surface area contributed by atoms with Crippen molar-refractivity contribution in [3.8, 4) is 0 Å². The Morgan fingerprint density at radius 2 is 2.14 bits per heavy atom. The van der Waals surface area contributed by atoms with Crippen LogP contribution in [0.2, 0.25) is 0 Å². The van der Waals surface area contributed by atoms with Gasteiger partial charge in [-0.15, -0.1) is 11.8 Å². The van der Waals surface area contributed by atoms with Gasteiger partial charge in [-0.25, -0.2) is 4.39 Å². The van der Waals surface area contributed by atoms with Gasteiger partial charge in [0.1, 0.15) is 11.9 Å². The molecule has 3 rings (SSSR count). The highest BCUT2D eigenvalue weighted by Gasteiger charge is 2.34. The Bertz CT molecular complexity index is 562. The molecule has 1 aliphatic carbocycles. The number of nitrogens with one attached hydrogen (secondary N) is 2. The lowest BCUT2D eigenvalue weighted by Gasteiger charge is -2.28. The number of amides is 2. The van der Waals surface area contributed by atoms with Gasteiger partial charge in [0.15, 0.2) is 0 Å². The number of hydrogen-bond acceptors (Lipinski definition) is 3. The van der Waals surface area contributed by atoms with Crippen molar-refractivity contribution in [1.82, 2.24) is 10.6 Å². The summed E-state index contributed by atoms with van der Waals surface area (Å²) in [6.45, 7) is 0. The molecule has 0 radical (unpaired) electrons. The van der Waals surface area contributed by atoms with E-state index in [1.807, 2.05) is 0 Å². The standard InChI is InChI=1S/C15H17FN2O2S/c16-11-4-2-1-3-9(11)7-13-15(20)18-12(8-21-13)14(19)17-10-5-6-10/h1-4,10,12-13H,5-8H2,(H,17,19)(H,18,20)/t12-,13-/m0/s1. The Balaban J connectivity index is 1.57. The average molecular weight is 308 g/mol. The van der Waals surface area contributed by atoms with Crippen molar-refractivity contribution < 1.29 is 14.0 Å². The first-order chi connectivity index (χ1) is 10.1. The Labute approximate surface area is 126 Å². The number of benzene rings is 1. The zero-order chi connectivity index (χ0) is 14.8. The average Bonchev–Trinajstić information content (AvgIpc) is 3.27. The summed E-state index contributed by atoms with van der Waals surface area (Å²) in [7, 11) is 0. The smallest absolute Gasteiger partial charge is 0.243 e. The van der Waals surface area contributed by atoms with Crippen LogP contribution in [0.1, 0.15) is 18.4 Å². The van der Waals surface area contributed by atoms with E-state index in [2.05, 4.69) is 10.6 Å². The molecule has 2 N–H and O–H groups in total. The quantitative estimate of drug-likeness (QED) is 0.880. The Morgan fingerprint density at radius 3 is 2.81 bits per heavy atom. The van der Waals surface area contributed by atoms with Crippen LogP contribution in [0.3, 0.4) is 0 Å². The lowest BCUT2D eigenvalue weighted by Crippen LogP contribution is -2.54. The van der Waals surface area contributed by atoms with Crippen LogP contribution in [-0.4, -0.2) is 34.9 Å². The van der Waals surface area contributed by atoms with E-state index in [0.29, 0.717) is 17.7 Å². The van der Waals surface area contributed by atoms with E-state index in [1.165, 1.54) is 17.8 Å². The van der Waals surface area contributed by atoms with Gasteiger partial charge >= 0.3 is 0 Å². The summed E-state index contributed by atoms with van der Waals surface area (Å²) < 4.78 is 13.6. The highest BCUT2D eigenvalue weighted by atomic mass is 32.2. The molecule has 1 aliphatic heterocycles. The largest absolute Gasteiger partial charge is 0.352 e. The van der Waals surface area contributed by atoms with Gasteiger partial charge in [-0.05, 0) is 30.9 Å². The van der Waals surface area contributed by atoms with Crippen LogP contribution in [0, 0.1) is 5.82 Å². The molecule has 1 aromatic carbocycles. The minimum absolute atomic E-state index is 0.109. The SMILES string of the molecule is O=C(NC1CC1)[C@@H]1CS[C@@H](Cc2ccccc2F)C(=O)N1. The molecule has 0 spiro atoms. The zero-order valence-electron chi connectivity index (χ0n) is 11.5. The van der Waals surface area contributed by atoms with Crippen LogP contribution in [0.15, 0.2) is 24.3 Å². The number of carbonyl (C=O) groups is 2. The van der Waals surface area contributed by atoms with Crippen molar-refractivity contribution in [2.45, 2.75) is 36.6 Å². The van der Waals surface area contributed by atoms with Crippen LogP contribution in [0.4, 0.5) is 4.39 Å². The van der Waals surface area contributed by atoms with Crippen molar-refractivity contribution in [2.75, 3.05) is 5.75 Å². The van der Waals surface area contributed by atoms with Crippen LogP contribution in [0.25, 0.3) is 0 Å². The Hall–Kier alpha value is -1.56. The highest BCUT2D eigenvalue weighted by molar-refractivity contribution is 8.00. The van der Waals surface area contributed by atoms with Crippen LogP contribution >= 0.6 is 11.8 Å². The molecule has 0 unspecified atom stereocenters. The maximum atomic E-state index is 13.6. The second kappa shape index (κ2) is 6.05. The van der Waals surface area contributed by atoms with Crippen molar-refractivity contribution in [3.05, 3.63) is 35.6 Å². The van der Waals surface area contributed by atoms with Gasteiger partial charge in [0, 0.05) is 11.8 Å². The first kappa shape index (κ1) is 14.4. The first-order valence-electron chi connectivity index (χ1n) is 7.09. The lowest BCUT2D eigenvalue weighted by molar-refractivity contribution is -0.128. The zero-order valence-corrected chi connectivity index (χ0v) is 12.3. The van der Waals surface area contributed by atoms with Crippen molar-refractivity contribution in [2.24, 2.45) is 0 Å². The van der Waals surface area contributed by atoms with Gasteiger partial charge in [-0.3, -0.25) is 9.59 Å². The van der Waals surface area contributed by atoms with Crippen molar-refractivity contribution in [3.63, 3.8) is 0 Å². The fraction of sp³-hybridized carbons (Fsp3) is 0.467. The summed E-state index contributed by atoms with van der Waals surface area (Å²) in [5.74, 6) is -0.0590. The van der Waals surface area contributed by atoms with E-state index in [9.17, 15) is 14.0 Å². The molecular formula is C15H17FN2O2S. The van der Waals surface area contributed by atoms with Gasteiger partial charge in [0.05, 0.1) is 5.25 Å². The maximum absolute atomic E-state index is 13.6. The van der Waals surface area contributed by atoms with E-state index in [-0.39, 0.29) is 28.9 Å². The van der Waals surface area contributed by atoms with Crippen LogP contribution in [-0.2, 0) is 16.0 Å². The molecule has 21 heavy (non-hydrogen) atoms. The Kier molecular flexibility index (Phi) is 4.14. The van der Waals surface area contributed by atoms with E-state index in [1.54, 1.807) is 18.2 Å².